The lowest BCUT2D eigenvalue weighted by molar-refractivity contribution is -0.166. The predicted octanol–water partition coefficient (Wildman–Crippen LogP) is 14.3. The van der Waals surface area contributed by atoms with E-state index >= 15 is 0 Å². The molecule has 0 spiro atoms. The number of esters is 3. The molecule has 59 heavy (non-hydrogen) atoms. The van der Waals surface area contributed by atoms with Gasteiger partial charge in [-0.05, 0) is 96.3 Å². The number of allylic oxidation sites excluding steroid dienone is 25. The minimum atomic E-state index is -0.890. The molecule has 0 rings (SSSR count). The summed E-state index contributed by atoms with van der Waals surface area (Å²) in [5.74, 6) is -1.29. The van der Waals surface area contributed by atoms with Gasteiger partial charge in [0.05, 0.1) is 6.42 Å². The third kappa shape index (κ3) is 44.0. The Morgan fingerprint density at radius 1 is 0.339 bits per heavy atom. The Labute approximate surface area is 359 Å². The predicted molar refractivity (Wildman–Crippen MR) is 251 cm³/mol. The number of hydrogen-bond acceptors (Lipinski definition) is 6. The second-order valence-electron chi connectivity index (χ2n) is 13.5. The molecule has 0 saturated carbocycles. The normalized spacial score (nSPS) is 13.6. The molecule has 1 atom stereocenters. The first-order valence-corrected chi connectivity index (χ1v) is 22.0. The Balaban J connectivity index is 4.76. The molecule has 0 fully saturated rings. The first kappa shape index (κ1) is 54.0. The van der Waals surface area contributed by atoms with Crippen molar-refractivity contribution in [1.82, 2.24) is 0 Å². The molecule has 1 unspecified atom stereocenters. The van der Waals surface area contributed by atoms with Gasteiger partial charge in [0, 0.05) is 12.8 Å². The molecule has 0 heterocycles. The second kappa shape index (κ2) is 45.7. The van der Waals surface area contributed by atoms with E-state index in [9.17, 15) is 14.4 Å². The fourth-order valence-corrected chi connectivity index (χ4v) is 4.89. The van der Waals surface area contributed by atoms with E-state index in [2.05, 4.69) is 142 Å². The maximum atomic E-state index is 12.7. The number of rotatable bonds is 36. The van der Waals surface area contributed by atoms with Crippen molar-refractivity contribution >= 4 is 17.9 Å². The van der Waals surface area contributed by atoms with Crippen molar-refractivity contribution in [2.75, 3.05) is 13.2 Å². The Kier molecular flexibility index (Phi) is 41.9. The van der Waals surface area contributed by atoms with E-state index < -0.39 is 24.0 Å². The van der Waals surface area contributed by atoms with Gasteiger partial charge >= 0.3 is 17.9 Å². The fourth-order valence-electron chi connectivity index (χ4n) is 4.89. The van der Waals surface area contributed by atoms with E-state index in [0.29, 0.717) is 19.3 Å². The van der Waals surface area contributed by atoms with Crippen LogP contribution in [0.2, 0.25) is 0 Å². The van der Waals surface area contributed by atoms with Crippen LogP contribution in [0.15, 0.2) is 158 Å². The highest BCUT2D eigenvalue weighted by Crippen LogP contribution is 2.06. The summed E-state index contributed by atoms with van der Waals surface area (Å²) in [6.45, 7) is 6.01. The van der Waals surface area contributed by atoms with E-state index in [-0.39, 0.29) is 32.5 Å². The molecule has 0 aromatic carbocycles. The van der Waals surface area contributed by atoms with E-state index in [1.165, 1.54) is 0 Å². The molecular weight excluding hydrogens is 733 g/mol. The van der Waals surface area contributed by atoms with Crippen LogP contribution in [0.25, 0.3) is 0 Å². The molecule has 0 radical (unpaired) electrons. The minimum Gasteiger partial charge on any atom is -0.462 e. The van der Waals surface area contributed by atoms with Gasteiger partial charge in [0.15, 0.2) is 6.10 Å². The van der Waals surface area contributed by atoms with Gasteiger partial charge in [0.1, 0.15) is 13.2 Å². The third-order valence-corrected chi connectivity index (χ3v) is 8.07. The summed E-state index contributed by atoms with van der Waals surface area (Å²) in [4.78, 5) is 37.6. The summed E-state index contributed by atoms with van der Waals surface area (Å²) in [6, 6.07) is 0. The van der Waals surface area contributed by atoms with E-state index in [0.717, 1.165) is 77.0 Å². The van der Waals surface area contributed by atoms with Crippen LogP contribution in [0.1, 0.15) is 136 Å². The molecule has 0 aliphatic rings. The summed E-state index contributed by atoms with van der Waals surface area (Å²) in [5, 5.41) is 0. The Hall–Kier alpha value is -4.97. The van der Waals surface area contributed by atoms with Gasteiger partial charge in [-0.3, -0.25) is 14.4 Å². The molecule has 6 heteroatoms. The number of carbonyl (C=O) groups is 3. The molecule has 0 amide bonds. The lowest BCUT2D eigenvalue weighted by Crippen LogP contribution is -2.30. The largest absolute Gasteiger partial charge is 0.462 e. The topological polar surface area (TPSA) is 78.9 Å². The fraction of sp³-hybridized carbons (Fsp3) is 0.453. The quantitative estimate of drug-likeness (QED) is 0.0356. The van der Waals surface area contributed by atoms with Gasteiger partial charge in [-0.15, -0.1) is 0 Å². The number of ether oxygens (including phenoxy) is 3. The maximum absolute atomic E-state index is 12.7. The van der Waals surface area contributed by atoms with Crippen molar-refractivity contribution in [2.45, 2.75) is 142 Å². The number of carbonyl (C=O) groups excluding carboxylic acids is 3. The van der Waals surface area contributed by atoms with Crippen LogP contribution < -0.4 is 0 Å². The summed E-state index contributed by atoms with van der Waals surface area (Å²) >= 11 is 0. The van der Waals surface area contributed by atoms with Crippen molar-refractivity contribution in [3.8, 4) is 0 Å². The summed E-state index contributed by atoms with van der Waals surface area (Å²) in [6.07, 6.45) is 67.1. The lowest BCUT2D eigenvalue weighted by Gasteiger charge is -2.18. The SMILES string of the molecule is CC/C=C\C/C=C\C/C=C\C/C=C\C/C=C\CC(=O)OCC(COC(=O)CC/C=C\C/C=C\C/C=C\C/C=C\CC)OC(=O)CC/C=C\C/C=C\C/C=C\C/C=C\CC. The average molecular weight is 809 g/mol. The van der Waals surface area contributed by atoms with E-state index in [1.54, 1.807) is 6.08 Å². The standard InChI is InChI=1S/C53H76O6/c1-4-7-10-13-16-19-22-25-26-29-31-34-37-40-43-46-52(55)58-49-50(59-53(56)47-44-41-38-35-32-28-24-21-18-15-12-9-6-3)48-57-51(54)45-42-39-36-33-30-27-23-20-17-14-11-8-5-2/h7-12,16-21,25-28,30-32,34,36,38-41,43,50H,4-6,13-15,22-24,29,33,35,37,42,44-49H2,1-3H3/b10-7-,11-8-,12-9-,19-16-,20-17-,21-18-,26-25-,30-27-,32-28-,34-31-,39-36-,41-38-,43-40-. The number of hydrogen-bond donors (Lipinski definition) is 0. The molecule has 0 saturated heterocycles. The molecule has 6 nitrogen and oxygen atoms in total. The third-order valence-electron chi connectivity index (χ3n) is 8.07. The Bertz CT molecular complexity index is 1440. The van der Waals surface area contributed by atoms with E-state index in [1.807, 2.05) is 30.4 Å². The second-order valence-corrected chi connectivity index (χ2v) is 13.5. The maximum Gasteiger partial charge on any atom is 0.309 e. The van der Waals surface area contributed by atoms with Crippen LogP contribution in [0.5, 0.6) is 0 Å². The van der Waals surface area contributed by atoms with Gasteiger partial charge in [0.25, 0.3) is 0 Å². The zero-order chi connectivity index (χ0) is 43.0. The van der Waals surface area contributed by atoms with E-state index in [4.69, 9.17) is 14.2 Å². The minimum absolute atomic E-state index is 0.0919. The van der Waals surface area contributed by atoms with Crippen LogP contribution in [-0.2, 0) is 28.6 Å². The summed E-state index contributed by atoms with van der Waals surface area (Å²) < 4.78 is 16.4. The summed E-state index contributed by atoms with van der Waals surface area (Å²) in [7, 11) is 0. The monoisotopic (exact) mass is 809 g/mol. The van der Waals surface area contributed by atoms with Crippen LogP contribution in [-0.4, -0.2) is 37.2 Å². The van der Waals surface area contributed by atoms with Gasteiger partial charge in [-0.2, -0.15) is 0 Å². The Morgan fingerprint density at radius 3 is 0.949 bits per heavy atom. The van der Waals surface area contributed by atoms with Crippen LogP contribution in [0.3, 0.4) is 0 Å². The average Bonchev–Trinajstić information content (AvgIpc) is 3.23. The van der Waals surface area contributed by atoms with Gasteiger partial charge in [-0.1, -0.05) is 179 Å². The summed E-state index contributed by atoms with van der Waals surface area (Å²) in [5.41, 5.74) is 0. The zero-order valence-electron chi connectivity index (χ0n) is 36.7. The van der Waals surface area contributed by atoms with Crippen molar-refractivity contribution in [2.24, 2.45) is 0 Å². The van der Waals surface area contributed by atoms with Crippen molar-refractivity contribution in [3.63, 3.8) is 0 Å². The molecule has 0 aromatic rings. The highest BCUT2D eigenvalue weighted by molar-refractivity contribution is 5.72. The lowest BCUT2D eigenvalue weighted by atomic mass is 10.2. The zero-order valence-corrected chi connectivity index (χ0v) is 36.7. The van der Waals surface area contributed by atoms with Gasteiger partial charge < -0.3 is 14.2 Å². The molecule has 0 aromatic heterocycles. The molecule has 0 bridgehead atoms. The van der Waals surface area contributed by atoms with Gasteiger partial charge in [-0.25, -0.2) is 0 Å². The van der Waals surface area contributed by atoms with Crippen molar-refractivity contribution in [1.29, 1.82) is 0 Å². The first-order valence-electron chi connectivity index (χ1n) is 22.0. The van der Waals surface area contributed by atoms with Crippen molar-refractivity contribution in [3.05, 3.63) is 158 Å². The highest BCUT2D eigenvalue weighted by Gasteiger charge is 2.19. The molecule has 324 valence electrons. The smallest absolute Gasteiger partial charge is 0.309 e. The first-order chi connectivity index (χ1) is 29.0. The molecule has 0 aliphatic carbocycles. The highest BCUT2D eigenvalue weighted by atomic mass is 16.6. The molecule has 0 N–H and O–H groups in total. The van der Waals surface area contributed by atoms with Crippen LogP contribution in [0, 0.1) is 0 Å². The van der Waals surface area contributed by atoms with Gasteiger partial charge in [0.2, 0.25) is 0 Å². The van der Waals surface area contributed by atoms with Crippen molar-refractivity contribution < 1.29 is 28.6 Å². The van der Waals surface area contributed by atoms with Crippen LogP contribution in [0.4, 0.5) is 0 Å². The molecular formula is C53H76O6. The molecule has 0 aliphatic heterocycles. The van der Waals surface area contributed by atoms with Crippen LogP contribution >= 0.6 is 0 Å². The Morgan fingerprint density at radius 2 is 0.610 bits per heavy atom.